The molecule has 4 saturated carbocycles. The number of hydrogen-bond acceptors (Lipinski definition) is 14. The molecule has 308 valence electrons. The molecule has 3 saturated heterocycles. The average molecular weight is 776 g/mol. The molecule has 4 bridgehead atoms. The van der Waals surface area contributed by atoms with E-state index in [0.717, 1.165) is 6.42 Å². The number of fused-ring (bicyclic) bond motifs is 5. The van der Waals surface area contributed by atoms with Gasteiger partial charge in [0, 0.05) is 49.9 Å². The Morgan fingerprint density at radius 3 is 2.16 bits per heavy atom. The molecule has 0 aromatic rings. The zero-order chi connectivity index (χ0) is 40.4. The number of nitrogens with zero attached hydrogens (tertiary/aromatic N) is 1. The zero-order valence-electron chi connectivity index (χ0n) is 33.7. The van der Waals surface area contributed by atoms with Crippen LogP contribution < -0.4 is 0 Å². The first-order valence-electron chi connectivity index (χ1n) is 20.3. The zero-order valence-corrected chi connectivity index (χ0v) is 33.7. The maximum absolute atomic E-state index is 13.9. The largest absolute Gasteiger partial charge is 0.458 e. The van der Waals surface area contributed by atoms with Gasteiger partial charge >= 0.3 is 23.9 Å². The van der Waals surface area contributed by atoms with Crippen molar-refractivity contribution in [3.63, 3.8) is 0 Å². The predicted molar refractivity (Wildman–Crippen MR) is 193 cm³/mol. The smallest absolute Gasteiger partial charge is 0.333 e. The number of ether oxygens (including phenoxy) is 5. The molecular formula is C41H61NO13. The number of aliphatic hydroxyl groups is 4. The Kier molecular flexibility index (Phi) is 9.94. The summed E-state index contributed by atoms with van der Waals surface area (Å²) in [7, 11) is 0. The van der Waals surface area contributed by atoms with E-state index in [4.69, 9.17) is 23.7 Å². The maximum atomic E-state index is 13.9. The van der Waals surface area contributed by atoms with Crippen molar-refractivity contribution in [3.8, 4) is 0 Å². The molecule has 3 heterocycles. The van der Waals surface area contributed by atoms with Crippen LogP contribution >= 0.6 is 0 Å². The lowest BCUT2D eigenvalue weighted by molar-refractivity contribution is -0.301. The highest BCUT2D eigenvalue weighted by Crippen LogP contribution is 2.78. The van der Waals surface area contributed by atoms with Crippen molar-refractivity contribution >= 4 is 23.9 Å². The molecule has 4 N–H and O–H groups in total. The number of carbonyl (C=O) groups excluding carboxylic acids is 4. The quantitative estimate of drug-likeness (QED) is 0.167. The van der Waals surface area contributed by atoms with Gasteiger partial charge in [-0.2, -0.15) is 0 Å². The van der Waals surface area contributed by atoms with Crippen LogP contribution in [0.5, 0.6) is 0 Å². The van der Waals surface area contributed by atoms with Gasteiger partial charge in [-0.1, -0.05) is 33.8 Å². The number of hydrogen-bond donors (Lipinski definition) is 4. The number of allylic oxidation sites excluding steroid dienone is 1. The average Bonchev–Trinajstić information content (AvgIpc) is 3.40. The molecule has 7 fully saturated rings. The third-order valence-electron chi connectivity index (χ3n) is 15.6. The van der Waals surface area contributed by atoms with Crippen molar-refractivity contribution < 1.29 is 63.3 Å². The summed E-state index contributed by atoms with van der Waals surface area (Å²) in [6.45, 7) is 16.1. The van der Waals surface area contributed by atoms with Gasteiger partial charge in [0.15, 0.2) is 12.2 Å². The summed E-state index contributed by atoms with van der Waals surface area (Å²) in [4.78, 5) is 55.4. The van der Waals surface area contributed by atoms with Crippen LogP contribution in [0.3, 0.4) is 0 Å². The highest BCUT2D eigenvalue weighted by molar-refractivity contribution is 5.87. The van der Waals surface area contributed by atoms with Gasteiger partial charge in [-0.15, -0.1) is 0 Å². The summed E-state index contributed by atoms with van der Waals surface area (Å²) in [6.07, 6.45) is -3.19. The summed E-state index contributed by atoms with van der Waals surface area (Å²) < 4.78 is 31.4. The number of piperidine rings is 2. The molecule has 55 heavy (non-hydrogen) atoms. The lowest BCUT2D eigenvalue weighted by Gasteiger charge is -2.64. The van der Waals surface area contributed by atoms with Crippen LogP contribution in [0.15, 0.2) is 11.6 Å². The summed E-state index contributed by atoms with van der Waals surface area (Å²) in [5, 5.41) is 52.1. The normalized spacial score (nSPS) is 50.4. The third-order valence-corrected chi connectivity index (χ3v) is 15.6. The minimum atomic E-state index is -2.28. The van der Waals surface area contributed by atoms with Crippen LogP contribution in [0.2, 0.25) is 0 Å². The van der Waals surface area contributed by atoms with Crippen molar-refractivity contribution in [3.05, 3.63) is 11.6 Å². The van der Waals surface area contributed by atoms with Crippen molar-refractivity contribution in [2.45, 2.75) is 160 Å². The lowest BCUT2D eigenvalue weighted by Crippen LogP contribution is -2.78. The molecule has 14 heteroatoms. The fourth-order valence-corrected chi connectivity index (χ4v) is 13.1. The van der Waals surface area contributed by atoms with Crippen molar-refractivity contribution in [1.29, 1.82) is 0 Å². The second-order valence-corrected chi connectivity index (χ2v) is 18.6. The SMILES string of the molecule is C/C=C(/C)C(=O)O[C@H]1CC[C@@]2(C)[C@@H]3[C@@H](OC(C)=O)[C@@H](OC(C)=O)[C@H]4[C@@]5(O)[C@@H](C[C@@]42O[C@]13O)[C@@H]1CN2C[C@@H](C)CC[C@H]2[C@@](C)(O)[C@H]1[C@@H](O)[C@@H]5OC(=O)[C@H](C)CC. The Morgan fingerprint density at radius 1 is 0.927 bits per heavy atom. The second-order valence-electron chi connectivity index (χ2n) is 18.6. The molecule has 0 amide bonds. The molecule has 3 aliphatic heterocycles. The van der Waals surface area contributed by atoms with Crippen molar-refractivity contribution in [2.75, 3.05) is 13.1 Å². The van der Waals surface area contributed by atoms with Crippen LogP contribution in [0.25, 0.3) is 0 Å². The first-order chi connectivity index (χ1) is 25.6. The van der Waals surface area contributed by atoms with E-state index in [1.165, 1.54) is 13.8 Å². The Hall–Kier alpha value is -2.62. The van der Waals surface area contributed by atoms with E-state index in [1.807, 2.05) is 13.8 Å². The van der Waals surface area contributed by atoms with Crippen LogP contribution in [-0.2, 0) is 42.9 Å². The van der Waals surface area contributed by atoms with E-state index >= 15 is 0 Å². The van der Waals surface area contributed by atoms with Gasteiger partial charge in [-0.05, 0) is 77.0 Å². The molecule has 1 spiro atoms. The highest BCUT2D eigenvalue weighted by Gasteiger charge is 2.90. The molecule has 4 aliphatic carbocycles. The molecule has 7 aliphatic rings. The maximum Gasteiger partial charge on any atom is 0.333 e. The van der Waals surface area contributed by atoms with Crippen LogP contribution in [0.4, 0.5) is 0 Å². The van der Waals surface area contributed by atoms with E-state index in [-0.39, 0.29) is 25.3 Å². The van der Waals surface area contributed by atoms with E-state index in [1.54, 1.807) is 33.8 Å². The first-order valence-corrected chi connectivity index (χ1v) is 20.3. The van der Waals surface area contributed by atoms with E-state index < -0.39 is 118 Å². The minimum absolute atomic E-state index is 0.0536. The van der Waals surface area contributed by atoms with Crippen LogP contribution in [0, 0.1) is 46.8 Å². The molecule has 18 atom stereocenters. The van der Waals surface area contributed by atoms with Gasteiger partial charge < -0.3 is 44.1 Å². The van der Waals surface area contributed by atoms with Gasteiger partial charge in [0.05, 0.1) is 35.1 Å². The van der Waals surface area contributed by atoms with Gasteiger partial charge in [0.25, 0.3) is 0 Å². The summed E-state index contributed by atoms with van der Waals surface area (Å²) in [5.41, 5.74) is -5.99. The summed E-state index contributed by atoms with van der Waals surface area (Å²) >= 11 is 0. The van der Waals surface area contributed by atoms with Crippen molar-refractivity contribution in [1.82, 2.24) is 4.90 Å². The number of rotatable bonds is 7. The molecular weight excluding hydrogens is 714 g/mol. The molecule has 0 radical (unpaired) electrons. The van der Waals surface area contributed by atoms with Crippen LogP contribution in [0.1, 0.15) is 101 Å². The molecule has 0 unspecified atom stereocenters. The predicted octanol–water partition coefficient (Wildman–Crippen LogP) is 2.41. The van der Waals surface area contributed by atoms with E-state index in [0.29, 0.717) is 37.4 Å². The topological polar surface area (TPSA) is 199 Å². The van der Waals surface area contributed by atoms with Gasteiger partial charge in [-0.3, -0.25) is 19.3 Å². The number of esters is 4. The molecule has 0 aromatic heterocycles. The Balaban J connectivity index is 1.46. The third kappa shape index (κ3) is 5.54. The molecule has 7 rings (SSSR count). The molecule has 0 aromatic carbocycles. The van der Waals surface area contributed by atoms with Gasteiger partial charge in [-0.25, -0.2) is 4.79 Å². The minimum Gasteiger partial charge on any atom is -0.458 e. The summed E-state index contributed by atoms with van der Waals surface area (Å²) in [5.74, 6) is -10.0. The monoisotopic (exact) mass is 775 g/mol. The molecule has 14 nitrogen and oxygen atoms in total. The van der Waals surface area contributed by atoms with E-state index in [2.05, 4.69) is 11.8 Å². The Morgan fingerprint density at radius 2 is 1.56 bits per heavy atom. The lowest BCUT2D eigenvalue weighted by atomic mass is 9.48. The first kappa shape index (κ1) is 40.6. The van der Waals surface area contributed by atoms with E-state index in [9.17, 15) is 39.6 Å². The Bertz CT molecular complexity index is 1630. The fraction of sp³-hybridized carbons (Fsp3) is 0.854. The second kappa shape index (κ2) is 13.5. The number of carbonyl (C=O) groups is 4. The standard InChI is InChI=1S/C41H61NO13/c1-10-20(4)35(46)53-27-14-15-37(8)32-30(51-22(6)43)31(52-23(7)44)33-39(37,55-41(27,32)50)16-25-24-18-42-17-19(3)12-13-26(42)38(9,48)28(24)29(45)34(40(25,33)49)54-36(47)21(5)11-2/h10,19,21,24-34,45,48-50H,11-18H2,1-9H3/b20-10-/t19-,21+,24-,25-,26-,27-,28+,29+,30-,31+,32-,33+,34-,37-,38+,39+,40-,41+/m0/s1. The van der Waals surface area contributed by atoms with Gasteiger partial charge in [0.1, 0.15) is 17.8 Å². The highest BCUT2D eigenvalue weighted by atomic mass is 16.7. The fourth-order valence-electron chi connectivity index (χ4n) is 13.1. The van der Waals surface area contributed by atoms with Gasteiger partial charge in [0.2, 0.25) is 5.79 Å². The van der Waals surface area contributed by atoms with Crippen molar-refractivity contribution in [2.24, 2.45) is 46.8 Å². The Labute approximate surface area is 323 Å². The van der Waals surface area contributed by atoms with Crippen LogP contribution in [-0.4, -0.2) is 121 Å². The summed E-state index contributed by atoms with van der Waals surface area (Å²) in [6, 6.07) is -0.290. The number of aliphatic hydroxyl groups excluding tert-OH is 1.